The fourth-order valence-electron chi connectivity index (χ4n) is 2.56. The number of benzene rings is 1. The van der Waals surface area contributed by atoms with Crippen molar-refractivity contribution >= 4 is 0 Å². The maximum absolute atomic E-state index is 5.99. The van der Waals surface area contributed by atoms with Crippen LogP contribution in [0.25, 0.3) is 0 Å². The number of para-hydroxylation sites is 1. The summed E-state index contributed by atoms with van der Waals surface area (Å²) >= 11 is 0. The third-order valence-corrected chi connectivity index (χ3v) is 3.39. The number of ether oxygens (including phenoxy) is 2. The predicted octanol–water partition coefficient (Wildman–Crippen LogP) is 1.88. The van der Waals surface area contributed by atoms with Crippen molar-refractivity contribution in [3.8, 4) is 5.75 Å². The first kappa shape index (κ1) is 10.7. The molecular weight excluding hydrogens is 214 g/mol. The molecule has 0 saturated carbocycles. The van der Waals surface area contributed by atoms with Crippen LogP contribution in [0.2, 0.25) is 0 Å². The van der Waals surface area contributed by atoms with Gasteiger partial charge >= 0.3 is 0 Å². The van der Waals surface area contributed by atoms with Gasteiger partial charge in [0.1, 0.15) is 23.7 Å². The van der Waals surface area contributed by atoms with E-state index in [1.807, 2.05) is 19.2 Å². The fourth-order valence-corrected chi connectivity index (χ4v) is 2.56. The predicted molar refractivity (Wildman–Crippen MR) is 66.1 cm³/mol. The SMILES string of the molecule is CNC(C1=CCCO1)C1Cc2ccccc2O1. The minimum Gasteiger partial charge on any atom is -0.496 e. The van der Waals surface area contributed by atoms with Crippen molar-refractivity contribution in [3.05, 3.63) is 41.7 Å². The first-order chi connectivity index (χ1) is 8.38. The molecule has 1 aromatic carbocycles. The molecule has 2 aliphatic rings. The van der Waals surface area contributed by atoms with Crippen LogP contribution in [0.3, 0.4) is 0 Å². The van der Waals surface area contributed by atoms with E-state index >= 15 is 0 Å². The van der Waals surface area contributed by atoms with E-state index in [1.165, 1.54) is 5.56 Å². The zero-order valence-electron chi connectivity index (χ0n) is 9.98. The van der Waals surface area contributed by atoms with Gasteiger partial charge in [0.15, 0.2) is 0 Å². The van der Waals surface area contributed by atoms with Crippen LogP contribution < -0.4 is 10.1 Å². The van der Waals surface area contributed by atoms with Crippen molar-refractivity contribution in [2.24, 2.45) is 0 Å². The van der Waals surface area contributed by atoms with Crippen LogP contribution in [0.4, 0.5) is 0 Å². The highest BCUT2D eigenvalue weighted by molar-refractivity contribution is 5.38. The Morgan fingerprint density at radius 3 is 2.94 bits per heavy atom. The Morgan fingerprint density at radius 2 is 2.24 bits per heavy atom. The molecule has 3 nitrogen and oxygen atoms in total. The molecule has 2 heterocycles. The van der Waals surface area contributed by atoms with Gasteiger partial charge in [0.2, 0.25) is 0 Å². The molecule has 0 aromatic heterocycles. The lowest BCUT2D eigenvalue weighted by Gasteiger charge is -2.23. The van der Waals surface area contributed by atoms with Crippen LogP contribution in [0, 0.1) is 0 Å². The zero-order valence-corrected chi connectivity index (χ0v) is 9.98. The molecule has 3 heteroatoms. The van der Waals surface area contributed by atoms with Crippen LogP contribution in [0.15, 0.2) is 36.1 Å². The summed E-state index contributed by atoms with van der Waals surface area (Å²) in [7, 11) is 1.96. The number of hydrogen-bond donors (Lipinski definition) is 1. The summed E-state index contributed by atoms with van der Waals surface area (Å²) in [5, 5.41) is 3.30. The molecule has 0 saturated heterocycles. The van der Waals surface area contributed by atoms with Crippen LogP contribution in [0.5, 0.6) is 5.75 Å². The second-order valence-electron chi connectivity index (χ2n) is 4.48. The van der Waals surface area contributed by atoms with E-state index in [2.05, 4.69) is 23.5 Å². The quantitative estimate of drug-likeness (QED) is 0.861. The van der Waals surface area contributed by atoms with Crippen LogP contribution in [-0.4, -0.2) is 25.8 Å². The van der Waals surface area contributed by atoms with Crippen LogP contribution in [0.1, 0.15) is 12.0 Å². The van der Waals surface area contributed by atoms with Gasteiger partial charge in [-0.05, 0) is 24.8 Å². The monoisotopic (exact) mass is 231 g/mol. The number of likely N-dealkylation sites (N-methyl/N-ethyl adjacent to an activating group) is 1. The van der Waals surface area contributed by atoms with Crippen molar-refractivity contribution in [2.75, 3.05) is 13.7 Å². The molecule has 0 spiro atoms. The lowest BCUT2D eigenvalue weighted by atomic mass is 10.0. The summed E-state index contributed by atoms with van der Waals surface area (Å²) in [5.41, 5.74) is 1.29. The molecule has 0 radical (unpaired) electrons. The molecule has 2 unspecified atom stereocenters. The summed E-state index contributed by atoms with van der Waals surface area (Å²) in [4.78, 5) is 0. The van der Waals surface area contributed by atoms with Gasteiger partial charge in [-0.2, -0.15) is 0 Å². The third kappa shape index (κ3) is 1.91. The topological polar surface area (TPSA) is 30.5 Å². The van der Waals surface area contributed by atoms with E-state index < -0.39 is 0 Å². The normalized spacial score (nSPS) is 23.6. The van der Waals surface area contributed by atoms with Gasteiger partial charge in [-0.15, -0.1) is 0 Å². The third-order valence-electron chi connectivity index (χ3n) is 3.39. The minimum absolute atomic E-state index is 0.141. The fraction of sp³-hybridized carbons (Fsp3) is 0.429. The van der Waals surface area contributed by atoms with E-state index in [4.69, 9.17) is 9.47 Å². The summed E-state index contributed by atoms with van der Waals surface area (Å²) in [6.45, 7) is 0.799. The van der Waals surface area contributed by atoms with Crippen molar-refractivity contribution in [2.45, 2.75) is 25.0 Å². The molecule has 0 bridgehead atoms. The Balaban J connectivity index is 1.78. The Labute approximate surface area is 101 Å². The molecule has 2 atom stereocenters. The smallest absolute Gasteiger partial charge is 0.125 e. The molecule has 90 valence electrons. The molecule has 1 aromatic rings. The van der Waals surface area contributed by atoms with Gasteiger partial charge in [-0.25, -0.2) is 0 Å². The lowest BCUT2D eigenvalue weighted by Crippen LogP contribution is -2.42. The van der Waals surface area contributed by atoms with Crippen molar-refractivity contribution < 1.29 is 9.47 Å². The van der Waals surface area contributed by atoms with E-state index in [0.29, 0.717) is 0 Å². The second-order valence-corrected chi connectivity index (χ2v) is 4.48. The highest BCUT2D eigenvalue weighted by atomic mass is 16.5. The number of rotatable bonds is 3. The van der Waals surface area contributed by atoms with Gasteiger partial charge in [-0.3, -0.25) is 0 Å². The minimum atomic E-state index is 0.141. The zero-order chi connectivity index (χ0) is 11.7. The molecule has 1 N–H and O–H groups in total. The summed E-state index contributed by atoms with van der Waals surface area (Å²) in [6.07, 6.45) is 4.25. The van der Waals surface area contributed by atoms with Gasteiger partial charge in [-0.1, -0.05) is 18.2 Å². The van der Waals surface area contributed by atoms with Gasteiger partial charge in [0, 0.05) is 12.8 Å². The maximum Gasteiger partial charge on any atom is 0.125 e. The number of fused-ring (bicyclic) bond motifs is 1. The van der Waals surface area contributed by atoms with E-state index in [1.54, 1.807) is 0 Å². The molecule has 0 fully saturated rings. The summed E-state index contributed by atoms with van der Waals surface area (Å²) in [6, 6.07) is 8.40. The number of nitrogens with one attached hydrogen (secondary N) is 1. The first-order valence-corrected chi connectivity index (χ1v) is 6.13. The van der Waals surface area contributed by atoms with E-state index in [9.17, 15) is 0 Å². The molecule has 0 aliphatic carbocycles. The van der Waals surface area contributed by atoms with Crippen molar-refractivity contribution in [1.82, 2.24) is 5.32 Å². The maximum atomic E-state index is 5.99. The molecule has 2 aliphatic heterocycles. The average Bonchev–Trinajstić information content (AvgIpc) is 2.98. The second kappa shape index (κ2) is 4.41. The highest BCUT2D eigenvalue weighted by Gasteiger charge is 2.33. The van der Waals surface area contributed by atoms with Crippen molar-refractivity contribution in [1.29, 1.82) is 0 Å². The van der Waals surface area contributed by atoms with Crippen molar-refractivity contribution in [3.63, 3.8) is 0 Å². The summed E-state index contributed by atoms with van der Waals surface area (Å²) < 4.78 is 11.6. The Hall–Kier alpha value is -1.48. The molecular formula is C14H17NO2. The Kier molecular flexibility index (Phi) is 2.77. The van der Waals surface area contributed by atoms with Gasteiger partial charge in [0.25, 0.3) is 0 Å². The van der Waals surface area contributed by atoms with E-state index in [0.717, 1.165) is 31.0 Å². The largest absolute Gasteiger partial charge is 0.496 e. The highest BCUT2D eigenvalue weighted by Crippen LogP contribution is 2.31. The molecule has 0 amide bonds. The molecule has 17 heavy (non-hydrogen) atoms. The average molecular weight is 231 g/mol. The van der Waals surface area contributed by atoms with Gasteiger partial charge in [0.05, 0.1) is 6.61 Å². The Morgan fingerprint density at radius 1 is 1.35 bits per heavy atom. The van der Waals surface area contributed by atoms with Crippen LogP contribution in [-0.2, 0) is 11.2 Å². The van der Waals surface area contributed by atoms with Gasteiger partial charge < -0.3 is 14.8 Å². The summed E-state index contributed by atoms with van der Waals surface area (Å²) in [5.74, 6) is 2.04. The van der Waals surface area contributed by atoms with Crippen LogP contribution >= 0.6 is 0 Å². The number of hydrogen-bond acceptors (Lipinski definition) is 3. The first-order valence-electron chi connectivity index (χ1n) is 6.13. The standard InChI is InChI=1S/C14H17NO2/c1-15-14(12-7-4-8-16-12)13-9-10-5-2-3-6-11(10)17-13/h2-3,5-7,13-15H,4,8-9H2,1H3. The van der Waals surface area contributed by atoms with E-state index in [-0.39, 0.29) is 12.1 Å². The lowest BCUT2D eigenvalue weighted by molar-refractivity contribution is 0.143. The Bertz CT molecular complexity index is 417. The molecule has 3 rings (SSSR count).